The van der Waals surface area contributed by atoms with Gasteiger partial charge in [-0.05, 0) is 18.1 Å². The van der Waals surface area contributed by atoms with Crippen LogP contribution in [0, 0.1) is 0 Å². The highest BCUT2D eigenvalue weighted by Gasteiger charge is 1.98. The molecule has 0 aromatic rings. The zero-order valence-corrected chi connectivity index (χ0v) is 7.08. The molecule has 0 nitrogen and oxygen atoms in total. The Kier molecular flexibility index (Phi) is 2.82. The summed E-state index contributed by atoms with van der Waals surface area (Å²) in [6.45, 7) is 2.19. The zero-order chi connectivity index (χ0) is 7.40. The summed E-state index contributed by atoms with van der Waals surface area (Å²) in [5.74, 6) is 0. The van der Waals surface area contributed by atoms with Gasteiger partial charge in [0, 0.05) is 11.3 Å². The van der Waals surface area contributed by atoms with Gasteiger partial charge in [-0.1, -0.05) is 37.7 Å². The van der Waals surface area contributed by atoms with Crippen molar-refractivity contribution in [3.63, 3.8) is 0 Å². The fraction of sp³-hybridized carbons (Fsp3) is 0.444. The molecule has 0 saturated carbocycles. The van der Waals surface area contributed by atoms with E-state index < -0.39 is 0 Å². The van der Waals surface area contributed by atoms with E-state index in [9.17, 15) is 0 Å². The van der Waals surface area contributed by atoms with Crippen molar-refractivity contribution in [2.24, 2.45) is 0 Å². The van der Waals surface area contributed by atoms with Gasteiger partial charge in [0.05, 0.1) is 0 Å². The Morgan fingerprint density at radius 3 is 3.00 bits per heavy atom. The van der Waals surface area contributed by atoms with Crippen molar-refractivity contribution in [3.05, 3.63) is 23.8 Å². The van der Waals surface area contributed by atoms with Crippen LogP contribution in [0.1, 0.15) is 26.2 Å². The largest absolute Gasteiger partial charge is 0.0846 e. The number of hydrogen-bond acceptors (Lipinski definition) is 1. The second-order valence-electron chi connectivity index (χ2n) is 2.54. The minimum absolute atomic E-state index is 0.961. The first-order valence-corrected chi connectivity index (χ1v) is 4.13. The van der Waals surface area contributed by atoms with Crippen LogP contribution in [-0.4, -0.2) is 4.86 Å². The van der Waals surface area contributed by atoms with Gasteiger partial charge in [0.1, 0.15) is 0 Å². The Morgan fingerprint density at radius 2 is 2.40 bits per heavy atom. The third-order valence-corrected chi connectivity index (χ3v) is 1.82. The van der Waals surface area contributed by atoms with E-state index in [2.05, 4.69) is 25.2 Å². The molecule has 0 radical (unpaired) electrons. The maximum Gasteiger partial charge on any atom is 0.0192 e. The Balaban J connectivity index is 2.57. The standard InChI is InChI=1S/C9H12S/c1-2-4-8-5-3-6-9(10)7-8/h3,5,7H,2,4,6H2,1H3. The Labute approximate surface area is 67.6 Å². The smallest absolute Gasteiger partial charge is 0.0192 e. The molecular formula is C9H12S. The first-order chi connectivity index (χ1) is 4.83. The predicted molar refractivity (Wildman–Crippen MR) is 49.3 cm³/mol. The molecule has 1 heteroatoms. The molecule has 0 aliphatic heterocycles. The van der Waals surface area contributed by atoms with Gasteiger partial charge in [-0.3, -0.25) is 0 Å². The van der Waals surface area contributed by atoms with Gasteiger partial charge in [0.15, 0.2) is 0 Å². The van der Waals surface area contributed by atoms with Crippen LogP contribution < -0.4 is 0 Å². The van der Waals surface area contributed by atoms with E-state index in [1.54, 1.807) is 0 Å². The van der Waals surface area contributed by atoms with Gasteiger partial charge in [0.25, 0.3) is 0 Å². The summed E-state index contributed by atoms with van der Waals surface area (Å²) in [6, 6.07) is 0. The van der Waals surface area contributed by atoms with Gasteiger partial charge in [-0.15, -0.1) is 0 Å². The highest BCUT2D eigenvalue weighted by Crippen LogP contribution is 2.12. The highest BCUT2D eigenvalue weighted by atomic mass is 32.1. The van der Waals surface area contributed by atoms with E-state index in [1.165, 1.54) is 12.0 Å². The van der Waals surface area contributed by atoms with Gasteiger partial charge in [-0.25, -0.2) is 0 Å². The van der Waals surface area contributed by atoms with Crippen molar-refractivity contribution < 1.29 is 0 Å². The van der Waals surface area contributed by atoms with E-state index in [1.807, 2.05) is 0 Å². The van der Waals surface area contributed by atoms with Crippen LogP contribution in [0.3, 0.4) is 0 Å². The van der Waals surface area contributed by atoms with E-state index >= 15 is 0 Å². The molecule has 0 saturated heterocycles. The second kappa shape index (κ2) is 3.67. The average Bonchev–Trinajstić information content (AvgIpc) is 1.88. The average molecular weight is 152 g/mol. The number of rotatable bonds is 2. The van der Waals surface area contributed by atoms with Crippen molar-refractivity contribution in [2.75, 3.05) is 0 Å². The number of hydrogen-bond donors (Lipinski definition) is 0. The summed E-state index contributed by atoms with van der Waals surface area (Å²) in [4.78, 5) is 1.07. The molecule has 0 aromatic heterocycles. The molecule has 0 heterocycles. The van der Waals surface area contributed by atoms with Gasteiger partial charge in [-0.2, -0.15) is 0 Å². The van der Waals surface area contributed by atoms with Crippen LogP contribution in [0.4, 0.5) is 0 Å². The van der Waals surface area contributed by atoms with Crippen LogP contribution in [0.15, 0.2) is 23.8 Å². The van der Waals surface area contributed by atoms with Crippen molar-refractivity contribution in [2.45, 2.75) is 26.2 Å². The van der Waals surface area contributed by atoms with Crippen molar-refractivity contribution in [1.82, 2.24) is 0 Å². The molecule has 0 bridgehead atoms. The zero-order valence-electron chi connectivity index (χ0n) is 6.26. The van der Waals surface area contributed by atoms with E-state index in [4.69, 9.17) is 12.2 Å². The first-order valence-electron chi connectivity index (χ1n) is 3.73. The lowest BCUT2D eigenvalue weighted by Crippen LogP contribution is -1.94. The lowest BCUT2D eigenvalue weighted by molar-refractivity contribution is 0.925. The molecule has 54 valence electrons. The van der Waals surface area contributed by atoms with Crippen molar-refractivity contribution >= 4 is 17.1 Å². The normalized spacial score (nSPS) is 17.3. The van der Waals surface area contributed by atoms with Crippen LogP contribution >= 0.6 is 12.2 Å². The van der Waals surface area contributed by atoms with Crippen LogP contribution in [0.25, 0.3) is 0 Å². The van der Waals surface area contributed by atoms with Gasteiger partial charge in [0.2, 0.25) is 0 Å². The fourth-order valence-corrected chi connectivity index (χ4v) is 1.33. The highest BCUT2D eigenvalue weighted by molar-refractivity contribution is 7.80. The molecule has 1 rings (SSSR count). The van der Waals surface area contributed by atoms with Crippen LogP contribution in [-0.2, 0) is 0 Å². The molecule has 0 amide bonds. The molecule has 0 atom stereocenters. The molecule has 1 aliphatic carbocycles. The molecule has 1 aliphatic rings. The quantitative estimate of drug-likeness (QED) is 0.548. The third kappa shape index (κ3) is 2.07. The Hall–Kier alpha value is -0.430. The molecule has 10 heavy (non-hydrogen) atoms. The summed E-state index contributed by atoms with van der Waals surface area (Å²) >= 11 is 5.07. The van der Waals surface area contributed by atoms with E-state index in [-0.39, 0.29) is 0 Å². The summed E-state index contributed by atoms with van der Waals surface area (Å²) < 4.78 is 0. The van der Waals surface area contributed by atoms with E-state index in [0.29, 0.717) is 0 Å². The summed E-state index contributed by atoms with van der Waals surface area (Å²) in [6.07, 6.45) is 9.78. The summed E-state index contributed by atoms with van der Waals surface area (Å²) in [5, 5.41) is 0. The summed E-state index contributed by atoms with van der Waals surface area (Å²) in [5.41, 5.74) is 1.39. The van der Waals surface area contributed by atoms with E-state index in [0.717, 1.165) is 17.7 Å². The second-order valence-corrected chi connectivity index (χ2v) is 3.07. The van der Waals surface area contributed by atoms with Crippen molar-refractivity contribution in [3.8, 4) is 0 Å². The minimum Gasteiger partial charge on any atom is -0.0846 e. The first kappa shape index (κ1) is 7.67. The lowest BCUT2D eigenvalue weighted by atomic mass is 10.0. The molecule has 0 spiro atoms. The Bertz CT molecular complexity index is 187. The molecule has 0 fully saturated rings. The minimum atomic E-state index is 0.961. The fourth-order valence-electron chi connectivity index (χ4n) is 1.08. The molecule has 0 unspecified atom stereocenters. The molecule has 0 aromatic carbocycles. The van der Waals surface area contributed by atoms with Crippen LogP contribution in [0.5, 0.6) is 0 Å². The Morgan fingerprint density at radius 1 is 1.60 bits per heavy atom. The predicted octanol–water partition coefficient (Wildman–Crippen LogP) is 3.04. The topological polar surface area (TPSA) is 0 Å². The SMILES string of the molecule is CCCC1=CC(=S)CC=C1. The monoisotopic (exact) mass is 152 g/mol. The van der Waals surface area contributed by atoms with Gasteiger partial charge >= 0.3 is 0 Å². The maximum atomic E-state index is 5.07. The lowest BCUT2D eigenvalue weighted by Gasteiger charge is -2.04. The molecular weight excluding hydrogens is 140 g/mol. The summed E-state index contributed by atoms with van der Waals surface area (Å²) in [7, 11) is 0. The maximum absolute atomic E-state index is 5.07. The number of thiocarbonyl (C=S) groups is 1. The number of allylic oxidation sites excluding steroid dienone is 4. The van der Waals surface area contributed by atoms with Gasteiger partial charge < -0.3 is 0 Å². The molecule has 0 N–H and O–H groups in total. The third-order valence-electron chi connectivity index (χ3n) is 1.54. The van der Waals surface area contributed by atoms with Crippen molar-refractivity contribution in [1.29, 1.82) is 0 Å². The van der Waals surface area contributed by atoms with Crippen LogP contribution in [0.2, 0.25) is 0 Å².